The van der Waals surface area contributed by atoms with Crippen LogP contribution in [0.3, 0.4) is 0 Å². The van der Waals surface area contributed by atoms with Crippen LogP contribution in [0.1, 0.15) is 124 Å². The number of sulfonamides is 1. The van der Waals surface area contributed by atoms with Crippen LogP contribution in [-0.4, -0.2) is 88.6 Å². The third-order valence-electron chi connectivity index (χ3n) is 15.0. The number of hydrogen-bond donors (Lipinski definition) is 4. The average Bonchev–Trinajstić information content (AvgIpc) is 3.93. The number of nitrogens with zero attached hydrogens (tertiary/aromatic N) is 5. The van der Waals surface area contributed by atoms with E-state index in [1.165, 1.54) is 48.7 Å². The molecule has 2 saturated heterocycles. The number of fused-ring (bicyclic) bond motifs is 1. The Hall–Kier alpha value is -5.65. The van der Waals surface area contributed by atoms with Gasteiger partial charge in [0, 0.05) is 62.8 Å². The first-order valence-corrected chi connectivity index (χ1v) is 25.2. The van der Waals surface area contributed by atoms with Gasteiger partial charge in [-0.2, -0.15) is 0 Å². The van der Waals surface area contributed by atoms with Gasteiger partial charge in [-0.05, 0) is 117 Å². The molecule has 17 heteroatoms. The molecule has 9 rings (SSSR count). The number of aromatic amines is 1. The van der Waals surface area contributed by atoms with Crippen LogP contribution >= 0.6 is 0 Å². The zero-order valence-electron chi connectivity index (χ0n) is 38.7. The van der Waals surface area contributed by atoms with Gasteiger partial charge in [-0.15, -0.1) is 0 Å². The quantitative estimate of drug-likeness (QED) is 0.0610. The van der Waals surface area contributed by atoms with Gasteiger partial charge < -0.3 is 25.0 Å². The van der Waals surface area contributed by atoms with Crippen molar-refractivity contribution in [3.8, 4) is 11.5 Å². The molecule has 4 aliphatic rings. The molecule has 356 valence electrons. The lowest BCUT2D eigenvalue weighted by atomic mass is 9.70. The smallest absolute Gasteiger partial charge is 0.312 e. The third-order valence-corrected chi connectivity index (χ3v) is 16.3. The Morgan fingerprint density at radius 2 is 1.79 bits per heavy atom. The number of piperidine rings is 1. The maximum atomic E-state index is 14.8. The number of nitro groups is 1. The summed E-state index contributed by atoms with van der Waals surface area (Å²) in [5.41, 5.74) is 3.39. The summed E-state index contributed by atoms with van der Waals surface area (Å²) in [4.78, 5) is 41.4. The van der Waals surface area contributed by atoms with E-state index >= 15 is 0 Å². The molecule has 1 amide bonds. The van der Waals surface area contributed by atoms with Crippen molar-refractivity contribution in [1.29, 1.82) is 0 Å². The number of pyridine rings is 2. The minimum Gasteiger partial charge on any atom is -0.455 e. The Labute approximate surface area is 391 Å². The lowest BCUT2D eigenvalue weighted by Crippen LogP contribution is -2.63. The molecule has 2 atom stereocenters. The first-order valence-electron chi connectivity index (χ1n) is 23.8. The number of nitrogens with one attached hydrogen (secondary N) is 3. The summed E-state index contributed by atoms with van der Waals surface area (Å²) in [6, 6.07) is 16.9. The number of carbonyl (C=O) groups is 1. The first kappa shape index (κ1) is 46.5. The number of anilines is 2. The highest BCUT2D eigenvalue weighted by atomic mass is 32.2. The molecule has 2 saturated carbocycles. The Kier molecular flexibility index (Phi) is 12.8. The number of aliphatic hydroxyl groups is 1. The van der Waals surface area contributed by atoms with Crippen molar-refractivity contribution in [2.24, 2.45) is 11.3 Å². The summed E-state index contributed by atoms with van der Waals surface area (Å²) < 4.78 is 51.0. The Balaban J connectivity index is 0.927. The predicted octanol–water partition coefficient (Wildman–Crippen LogP) is 9.19. The summed E-state index contributed by atoms with van der Waals surface area (Å²) in [5.74, 6) is -0.238. The lowest BCUT2D eigenvalue weighted by Gasteiger charge is -2.57. The molecular formula is C50H61FN8O7S. The molecule has 2 aromatic carbocycles. The van der Waals surface area contributed by atoms with Gasteiger partial charge >= 0.3 is 5.69 Å². The molecule has 15 nitrogen and oxygen atoms in total. The van der Waals surface area contributed by atoms with Crippen LogP contribution in [0.25, 0.3) is 11.0 Å². The maximum Gasteiger partial charge on any atom is 0.312 e. The molecule has 3 aromatic heterocycles. The van der Waals surface area contributed by atoms with E-state index in [4.69, 9.17) is 4.74 Å². The highest BCUT2D eigenvalue weighted by Crippen LogP contribution is 2.49. The molecule has 0 unspecified atom stereocenters. The number of hydrogen-bond acceptors (Lipinski definition) is 12. The van der Waals surface area contributed by atoms with E-state index < -0.39 is 42.9 Å². The number of rotatable bonds is 14. The summed E-state index contributed by atoms with van der Waals surface area (Å²) in [7, 11) is -4.69. The van der Waals surface area contributed by atoms with Gasteiger partial charge in [-0.3, -0.25) is 19.8 Å². The van der Waals surface area contributed by atoms with Crippen molar-refractivity contribution >= 4 is 44.2 Å². The van der Waals surface area contributed by atoms with Crippen LogP contribution in [-0.2, 0) is 16.4 Å². The van der Waals surface area contributed by atoms with E-state index in [0.29, 0.717) is 55.0 Å². The average molecular weight is 937 g/mol. The van der Waals surface area contributed by atoms with Gasteiger partial charge in [-0.1, -0.05) is 51.5 Å². The van der Waals surface area contributed by atoms with Crippen molar-refractivity contribution in [3.05, 3.63) is 105 Å². The molecule has 5 aromatic rings. The van der Waals surface area contributed by atoms with Crippen molar-refractivity contribution in [2.75, 3.05) is 42.9 Å². The fourth-order valence-corrected chi connectivity index (χ4v) is 12.0. The van der Waals surface area contributed by atoms with E-state index in [1.54, 1.807) is 19.1 Å². The standard InChI is InChI=1S/C50H61FN8O7S/c1-5-41-45(25-39-40(51)28-54-46(39)55-41)66-44-23-33(57-21-19-50(20-22-57)29-58(30-50)42-12-8-11-37(42)36-10-7-6-9-35(36)31(2)3)13-14-38(44)48(60)56-67(64,65)34-24-43(59(62)63)47(53-27-34)52-26-32-15-17-49(4,61)18-16-32/h6-7,9-10,13-14,23-25,27-28,31-32,37,42,61H,5,8,11-12,15-22,26,29-30H2,1-4H3,(H,52,53)(H,54,55)(H,56,60)/t32?,37-,42-,49?/m0/s1. The third kappa shape index (κ3) is 9.59. The second kappa shape index (κ2) is 18.4. The summed E-state index contributed by atoms with van der Waals surface area (Å²) in [5, 5.41) is 25.7. The second-order valence-electron chi connectivity index (χ2n) is 19.9. The summed E-state index contributed by atoms with van der Waals surface area (Å²) >= 11 is 0. The molecule has 4 N–H and O–H groups in total. The molecular weight excluding hydrogens is 876 g/mol. The monoisotopic (exact) mass is 936 g/mol. The topological polar surface area (TPSA) is 196 Å². The highest BCUT2D eigenvalue weighted by molar-refractivity contribution is 7.90. The SMILES string of the molecule is CCc1nc2[nH]cc(F)c2cc1Oc1cc(N2CCC3(CC2)CN([C@H]2CCC[C@H]2c2ccccc2C(C)C)C3)ccc1C(=O)NS(=O)(=O)c1cnc(NCC2CCC(C)(O)CC2)c([N+](=O)[O-])c1. The van der Waals surface area contributed by atoms with E-state index in [2.05, 4.69) is 72.9 Å². The molecule has 2 aliphatic carbocycles. The lowest BCUT2D eigenvalue weighted by molar-refractivity contribution is -0.384. The minimum absolute atomic E-state index is 0.0360. The van der Waals surface area contributed by atoms with Crippen LogP contribution in [0.15, 0.2) is 71.9 Å². The van der Waals surface area contributed by atoms with Crippen molar-refractivity contribution in [2.45, 2.75) is 120 Å². The maximum absolute atomic E-state index is 14.8. The molecule has 1 spiro atoms. The Morgan fingerprint density at radius 3 is 2.51 bits per heavy atom. The number of amides is 1. The van der Waals surface area contributed by atoms with Gasteiger partial charge in [0.15, 0.2) is 0 Å². The second-order valence-corrected chi connectivity index (χ2v) is 21.6. The number of halogens is 1. The van der Waals surface area contributed by atoms with Gasteiger partial charge in [-0.25, -0.2) is 27.5 Å². The largest absolute Gasteiger partial charge is 0.455 e. The molecule has 4 fully saturated rings. The number of aromatic nitrogens is 3. The van der Waals surface area contributed by atoms with E-state index in [-0.39, 0.29) is 39.6 Å². The molecule has 5 heterocycles. The van der Waals surface area contributed by atoms with Crippen LogP contribution < -0.4 is 19.7 Å². The number of ether oxygens (including phenoxy) is 1. The van der Waals surface area contributed by atoms with Crippen LogP contribution in [0.5, 0.6) is 11.5 Å². The van der Waals surface area contributed by atoms with E-state index in [9.17, 15) is 32.8 Å². The van der Waals surface area contributed by atoms with Crippen molar-refractivity contribution in [3.63, 3.8) is 0 Å². The van der Waals surface area contributed by atoms with Crippen LogP contribution in [0.4, 0.5) is 21.6 Å². The fraction of sp³-hybridized carbons (Fsp3) is 0.500. The van der Waals surface area contributed by atoms with Gasteiger partial charge in [0.05, 0.1) is 33.4 Å². The highest BCUT2D eigenvalue weighted by Gasteiger charge is 2.49. The first-order chi connectivity index (χ1) is 32.0. The summed E-state index contributed by atoms with van der Waals surface area (Å²) in [6.07, 6.45) is 10.9. The molecule has 0 radical (unpaired) electrons. The Bertz CT molecular complexity index is 2770. The molecule has 67 heavy (non-hydrogen) atoms. The summed E-state index contributed by atoms with van der Waals surface area (Å²) in [6.45, 7) is 12.3. The zero-order valence-corrected chi connectivity index (χ0v) is 39.5. The zero-order chi connectivity index (χ0) is 47.3. The number of aryl methyl sites for hydroxylation is 1. The Morgan fingerprint density at radius 1 is 1.04 bits per heavy atom. The molecule has 0 bridgehead atoms. The van der Waals surface area contributed by atoms with Crippen molar-refractivity contribution in [1.82, 2.24) is 24.6 Å². The number of likely N-dealkylation sites (tertiary alicyclic amines) is 1. The van der Waals surface area contributed by atoms with Gasteiger partial charge in [0.2, 0.25) is 5.82 Å². The normalized spacial score (nSPS) is 23.1. The van der Waals surface area contributed by atoms with Gasteiger partial charge in [0.25, 0.3) is 15.9 Å². The number of carbonyl (C=O) groups excluding carboxylic acids is 1. The molecule has 2 aliphatic heterocycles. The van der Waals surface area contributed by atoms with Crippen LogP contribution in [0.2, 0.25) is 0 Å². The number of H-pyrrole nitrogens is 1. The minimum atomic E-state index is -4.69. The van der Waals surface area contributed by atoms with Crippen molar-refractivity contribution < 1.29 is 32.4 Å². The predicted molar refractivity (Wildman–Crippen MR) is 255 cm³/mol. The fourth-order valence-electron chi connectivity index (χ4n) is 11.0. The van der Waals surface area contributed by atoms with E-state index in [0.717, 1.165) is 69.8 Å². The van der Waals surface area contributed by atoms with Crippen LogP contribution in [0, 0.1) is 27.3 Å². The van der Waals surface area contributed by atoms with Gasteiger partial charge in [0.1, 0.15) is 27.9 Å². The number of benzene rings is 2. The van der Waals surface area contributed by atoms with E-state index in [1.807, 2.05) is 6.92 Å².